The van der Waals surface area contributed by atoms with Crippen molar-refractivity contribution in [2.75, 3.05) is 39.8 Å². The molecule has 6 nitrogen and oxygen atoms in total. The van der Waals surface area contributed by atoms with Crippen molar-refractivity contribution in [2.45, 2.75) is 51.6 Å². The van der Waals surface area contributed by atoms with Crippen LogP contribution in [0.3, 0.4) is 0 Å². The minimum atomic E-state index is -0.0784. The molecular formula is C23H37IN4O2. The van der Waals surface area contributed by atoms with E-state index in [-0.39, 0.29) is 35.9 Å². The van der Waals surface area contributed by atoms with Crippen LogP contribution in [-0.4, -0.2) is 67.6 Å². The number of carbonyl (C=O) groups is 1. The molecule has 30 heavy (non-hydrogen) atoms. The molecule has 0 bridgehead atoms. The lowest BCUT2D eigenvalue weighted by Gasteiger charge is -2.36. The molecular weight excluding hydrogens is 491 g/mol. The molecule has 1 aromatic carbocycles. The molecule has 2 heterocycles. The number of hydrogen-bond donors (Lipinski definition) is 1. The number of halogens is 1. The van der Waals surface area contributed by atoms with Gasteiger partial charge in [-0.3, -0.25) is 14.7 Å². The number of ether oxygens (including phenoxy) is 1. The number of aliphatic imine (C=N–C) groups is 1. The Morgan fingerprint density at radius 3 is 2.53 bits per heavy atom. The first-order valence-corrected chi connectivity index (χ1v) is 11.1. The molecule has 3 rings (SSSR count). The highest BCUT2D eigenvalue weighted by Crippen LogP contribution is 2.21. The largest absolute Gasteiger partial charge is 0.469 e. The number of nitrogens with zero attached hydrogens (tertiary/aromatic N) is 3. The van der Waals surface area contributed by atoms with Crippen LogP contribution in [0, 0.1) is 5.92 Å². The fourth-order valence-electron chi connectivity index (χ4n) is 4.40. The van der Waals surface area contributed by atoms with Gasteiger partial charge in [-0.25, -0.2) is 0 Å². The van der Waals surface area contributed by atoms with Crippen LogP contribution in [0.4, 0.5) is 0 Å². The first-order valence-electron chi connectivity index (χ1n) is 11.1. The molecule has 7 heteroatoms. The predicted octanol–water partition coefficient (Wildman–Crippen LogP) is 3.51. The van der Waals surface area contributed by atoms with E-state index in [0.717, 1.165) is 58.1 Å². The number of rotatable bonds is 6. The van der Waals surface area contributed by atoms with E-state index in [1.807, 2.05) is 0 Å². The van der Waals surface area contributed by atoms with Crippen molar-refractivity contribution in [1.82, 2.24) is 15.1 Å². The number of likely N-dealkylation sites (tertiary alicyclic amines) is 2. The normalized spacial score (nSPS) is 21.1. The fourth-order valence-corrected chi connectivity index (χ4v) is 4.40. The molecule has 1 N–H and O–H groups in total. The second-order valence-electron chi connectivity index (χ2n) is 8.08. The van der Waals surface area contributed by atoms with Crippen molar-refractivity contribution in [3.05, 3.63) is 35.9 Å². The molecule has 0 aliphatic carbocycles. The summed E-state index contributed by atoms with van der Waals surface area (Å²) in [6.45, 7) is 7.64. The predicted molar refractivity (Wildman–Crippen MR) is 132 cm³/mol. The topological polar surface area (TPSA) is 57.2 Å². The molecule has 0 amide bonds. The first-order chi connectivity index (χ1) is 14.2. The summed E-state index contributed by atoms with van der Waals surface area (Å²) in [6, 6.07) is 11.2. The quantitative estimate of drug-likeness (QED) is 0.265. The summed E-state index contributed by atoms with van der Waals surface area (Å²) in [4.78, 5) is 21.7. The lowest BCUT2D eigenvalue weighted by Crippen LogP contribution is -2.47. The van der Waals surface area contributed by atoms with Crippen LogP contribution >= 0.6 is 24.0 Å². The van der Waals surface area contributed by atoms with Crippen LogP contribution in [0.25, 0.3) is 0 Å². The maximum absolute atomic E-state index is 11.8. The average Bonchev–Trinajstić information content (AvgIpc) is 2.78. The summed E-state index contributed by atoms with van der Waals surface area (Å²) in [7, 11) is 1.48. The van der Waals surface area contributed by atoms with Gasteiger partial charge in [-0.15, -0.1) is 24.0 Å². The molecule has 1 aromatic rings. The highest BCUT2D eigenvalue weighted by atomic mass is 127. The third kappa shape index (κ3) is 7.11. The van der Waals surface area contributed by atoms with E-state index in [4.69, 9.17) is 9.73 Å². The van der Waals surface area contributed by atoms with Gasteiger partial charge < -0.3 is 15.0 Å². The van der Waals surface area contributed by atoms with Crippen LogP contribution in [0.2, 0.25) is 0 Å². The molecule has 2 saturated heterocycles. The van der Waals surface area contributed by atoms with Crippen LogP contribution in [0.5, 0.6) is 0 Å². The number of piperidine rings is 2. The van der Waals surface area contributed by atoms with Gasteiger partial charge in [-0.05, 0) is 44.7 Å². The summed E-state index contributed by atoms with van der Waals surface area (Å²) < 4.78 is 4.91. The Morgan fingerprint density at radius 2 is 1.87 bits per heavy atom. The standard InChI is InChI=1S/C23H36N4O2.HI/c1-3-24-23(26-15-12-20(13-16-26)22(28)29-2)25-17-21-11-7-8-14-27(21)18-19-9-5-4-6-10-19;/h4-6,9-10,20-21H,3,7-8,11-18H2,1-2H3,(H,24,25);1H. The number of methoxy groups -OCH3 is 1. The summed E-state index contributed by atoms with van der Waals surface area (Å²) >= 11 is 0. The van der Waals surface area contributed by atoms with Crippen LogP contribution in [0.1, 0.15) is 44.6 Å². The number of guanidine groups is 1. The smallest absolute Gasteiger partial charge is 0.308 e. The molecule has 2 aliphatic rings. The van der Waals surface area contributed by atoms with Crippen molar-refractivity contribution in [3.8, 4) is 0 Å². The lowest BCUT2D eigenvalue weighted by atomic mass is 9.97. The highest BCUT2D eigenvalue weighted by Gasteiger charge is 2.28. The van der Waals surface area contributed by atoms with Crippen molar-refractivity contribution < 1.29 is 9.53 Å². The lowest BCUT2D eigenvalue weighted by molar-refractivity contribution is -0.146. The Labute approximate surface area is 198 Å². The summed E-state index contributed by atoms with van der Waals surface area (Å²) in [5.41, 5.74) is 1.38. The first kappa shape index (κ1) is 24.9. The zero-order valence-electron chi connectivity index (χ0n) is 18.4. The van der Waals surface area contributed by atoms with Crippen LogP contribution < -0.4 is 5.32 Å². The Balaban J connectivity index is 0.00000320. The van der Waals surface area contributed by atoms with Gasteiger partial charge in [-0.2, -0.15) is 0 Å². The number of esters is 1. The molecule has 0 aromatic heterocycles. The van der Waals surface area contributed by atoms with E-state index in [2.05, 4.69) is 52.4 Å². The van der Waals surface area contributed by atoms with Gasteiger partial charge in [0, 0.05) is 32.2 Å². The summed E-state index contributed by atoms with van der Waals surface area (Å²) in [6.07, 6.45) is 5.43. The Bertz CT molecular complexity index is 662. The summed E-state index contributed by atoms with van der Waals surface area (Å²) in [5.74, 6) is 0.935. The van der Waals surface area contributed by atoms with Crippen molar-refractivity contribution >= 4 is 35.9 Å². The molecule has 2 fully saturated rings. The molecule has 1 unspecified atom stereocenters. The third-order valence-electron chi connectivity index (χ3n) is 6.09. The van der Waals surface area contributed by atoms with Crippen molar-refractivity contribution in [3.63, 3.8) is 0 Å². The monoisotopic (exact) mass is 528 g/mol. The van der Waals surface area contributed by atoms with Gasteiger partial charge in [0.1, 0.15) is 0 Å². The highest BCUT2D eigenvalue weighted by molar-refractivity contribution is 14.0. The SMILES string of the molecule is CCNC(=NCC1CCCCN1Cc1ccccc1)N1CCC(C(=O)OC)CC1.I. The van der Waals surface area contributed by atoms with Crippen LogP contribution in [-0.2, 0) is 16.1 Å². The Kier molecular flexibility index (Phi) is 10.9. The minimum Gasteiger partial charge on any atom is -0.469 e. The van der Waals surface area contributed by atoms with Crippen molar-refractivity contribution in [1.29, 1.82) is 0 Å². The minimum absolute atomic E-state index is 0. The van der Waals surface area contributed by atoms with Crippen LogP contribution in [0.15, 0.2) is 35.3 Å². The van der Waals surface area contributed by atoms with Gasteiger partial charge >= 0.3 is 5.97 Å². The van der Waals surface area contributed by atoms with E-state index in [0.29, 0.717) is 6.04 Å². The maximum Gasteiger partial charge on any atom is 0.308 e. The number of nitrogens with one attached hydrogen (secondary N) is 1. The van der Waals surface area contributed by atoms with Gasteiger partial charge in [-0.1, -0.05) is 36.8 Å². The maximum atomic E-state index is 11.8. The molecule has 168 valence electrons. The fraction of sp³-hybridized carbons (Fsp3) is 0.652. The van der Waals surface area contributed by atoms with E-state index in [9.17, 15) is 4.79 Å². The van der Waals surface area contributed by atoms with Gasteiger partial charge in [0.05, 0.1) is 19.6 Å². The van der Waals surface area contributed by atoms with E-state index >= 15 is 0 Å². The van der Waals surface area contributed by atoms with E-state index in [1.165, 1.54) is 31.9 Å². The second kappa shape index (κ2) is 13.1. The second-order valence-corrected chi connectivity index (χ2v) is 8.08. The molecule has 2 aliphatic heterocycles. The number of benzene rings is 1. The Morgan fingerprint density at radius 1 is 1.13 bits per heavy atom. The average molecular weight is 528 g/mol. The summed E-state index contributed by atoms with van der Waals surface area (Å²) in [5, 5.41) is 3.46. The number of carbonyl (C=O) groups excluding carboxylic acids is 1. The van der Waals surface area contributed by atoms with Gasteiger partial charge in [0.25, 0.3) is 0 Å². The Hall–Kier alpha value is -1.35. The molecule has 0 spiro atoms. The van der Waals surface area contributed by atoms with Gasteiger partial charge in [0.2, 0.25) is 0 Å². The molecule has 1 atom stereocenters. The number of hydrogen-bond acceptors (Lipinski definition) is 4. The van der Waals surface area contributed by atoms with Gasteiger partial charge in [0.15, 0.2) is 5.96 Å². The third-order valence-corrected chi connectivity index (χ3v) is 6.09. The van der Waals surface area contributed by atoms with E-state index in [1.54, 1.807) is 0 Å². The van der Waals surface area contributed by atoms with E-state index < -0.39 is 0 Å². The van der Waals surface area contributed by atoms with Crippen molar-refractivity contribution in [2.24, 2.45) is 10.9 Å². The zero-order chi connectivity index (χ0) is 20.5. The molecule has 0 saturated carbocycles. The zero-order valence-corrected chi connectivity index (χ0v) is 20.7. The molecule has 0 radical (unpaired) electrons.